The second-order valence-electron chi connectivity index (χ2n) is 6.62. The predicted octanol–water partition coefficient (Wildman–Crippen LogP) is 6.07. The van der Waals surface area contributed by atoms with E-state index in [0.717, 1.165) is 38.7 Å². The van der Waals surface area contributed by atoms with Crippen LogP contribution in [0.25, 0.3) is 0 Å². The molecular formula is C23H36O3. The van der Waals surface area contributed by atoms with Gasteiger partial charge in [0.1, 0.15) is 12.7 Å². The molecule has 1 atom stereocenters. The molecule has 0 aromatic heterocycles. The van der Waals surface area contributed by atoms with Crippen molar-refractivity contribution in [3.05, 3.63) is 48.6 Å². The van der Waals surface area contributed by atoms with E-state index in [-0.39, 0.29) is 12.1 Å². The molecule has 26 heavy (non-hydrogen) atoms. The molecule has 1 saturated heterocycles. The van der Waals surface area contributed by atoms with E-state index in [0.29, 0.717) is 13.0 Å². The average Bonchev–Trinajstić information content (AvgIpc) is 3.47. The molecule has 0 saturated carbocycles. The Hall–Kier alpha value is -1.61. The zero-order valence-corrected chi connectivity index (χ0v) is 16.4. The SMILES string of the molecule is CCCCCC=CCC=CCC=CCC=CCCCC(=O)OC[C@@H]1CO1. The van der Waals surface area contributed by atoms with E-state index in [9.17, 15) is 4.79 Å². The molecular weight excluding hydrogens is 324 g/mol. The van der Waals surface area contributed by atoms with Crippen LogP contribution in [-0.2, 0) is 14.3 Å². The summed E-state index contributed by atoms with van der Waals surface area (Å²) < 4.78 is 10.1. The summed E-state index contributed by atoms with van der Waals surface area (Å²) in [5, 5.41) is 0. The fourth-order valence-corrected chi connectivity index (χ4v) is 2.35. The van der Waals surface area contributed by atoms with Crippen molar-refractivity contribution in [3.63, 3.8) is 0 Å². The molecule has 0 aliphatic carbocycles. The molecule has 146 valence electrons. The van der Waals surface area contributed by atoms with Crippen LogP contribution >= 0.6 is 0 Å². The quantitative estimate of drug-likeness (QED) is 0.145. The molecule has 1 heterocycles. The fourth-order valence-electron chi connectivity index (χ4n) is 2.35. The van der Waals surface area contributed by atoms with Gasteiger partial charge >= 0.3 is 5.97 Å². The maximum absolute atomic E-state index is 11.4. The van der Waals surface area contributed by atoms with E-state index in [1.807, 2.05) is 0 Å². The van der Waals surface area contributed by atoms with Crippen LogP contribution in [-0.4, -0.2) is 25.3 Å². The standard InChI is InChI=1S/C23H36O3/c1-2-3-4-5-6-7-8-9-10-11-12-13-14-15-16-17-18-19-23(24)26-21-22-20-25-22/h6-7,9-10,12-13,15-16,22H,2-5,8,11,14,17-21H2,1H3/t22-/m0/s1. The minimum atomic E-state index is -0.114. The predicted molar refractivity (Wildman–Crippen MR) is 109 cm³/mol. The van der Waals surface area contributed by atoms with Gasteiger partial charge in [-0.15, -0.1) is 0 Å². The van der Waals surface area contributed by atoms with Gasteiger partial charge in [0.15, 0.2) is 0 Å². The molecule has 0 spiro atoms. The summed E-state index contributed by atoms with van der Waals surface area (Å²) in [7, 11) is 0. The number of allylic oxidation sites excluding steroid dienone is 8. The monoisotopic (exact) mass is 360 g/mol. The Kier molecular flexibility index (Phi) is 14.5. The number of epoxide rings is 1. The minimum Gasteiger partial charge on any atom is -0.463 e. The molecule has 1 fully saturated rings. The third kappa shape index (κ3) is 15.9. The molecule has 3 heteroatoms. The number of carbonyl (C=O) groups excluding carboxylic acids is 1. The van der Waals surface area contributed by atoms with Crippen molar-refractivity contribution in [2.45, 2.75) is 77.2 Å². The Bertz CT molecular complexity index is 456. The second kappa shape index (κ2) is 16.8. The van der Waals surface area contributed by atoms with Crippen LogP contribution in [0.2, 0.25) is 0 Å². The first kappa shape index (κ1) is 22.4. The highest BCUT2D eigenvalue weighted by molar-refractivity contribution is 5.69. The van der Waals surface area contributed by atoms with Crippen LogP contribution in [0.5, 0.6) is 0 Å². The summed E-state index contributed by atoms with van der Waals surface area (Å²) in [5.41, 5.74) is 0. The van der Waals surface area contributed by atoms with Crippen LogP contribution in [0.15, 0.2) is 48.6 Å². The Labute approximate surface area is 159 Å². The number of unbranched alkanes of at least 4 members (excludes halogenated alkanes) is 4. The van der Waals surface area contributed by atoms with Crippen molar-refractivity contribution in [3.8, 4) is 0 Å². The van der Waals surface area contributed by atoms with Gasteiger partial charge < -0.3 is 9.47 Å². The number of esters is 1. The maximum atomic E-state index is 11.4. The maximum Gasteiger partial charge on any atom is 0.305 e. The van der Waals surface area contributed by atoms with Gasteiger partial charge in [0.25, 0.3) is 0 Å². The van der Waals surface area contributed by atoms with Crippen molar-refractivity contribution in [1.29, 1.82) is 0 Å². The topological polar surface area (TPSA) is 38.8 Å². The van der Waals surface area contributed by atoms with Crippen LogP contribution in [0.4, 0.5) is 0 Å². The van der Waals surface area contributed by atoms with Crippen molar-refractivity contribution >= 4 is 5.97 Å². The van der Waals surface area contributed by atoms with E-state index in [1.165, 1.54) is 25.7 Å². The van der Waals surface area contributed by atoms with Gasteiger partial charge in [-0.2, -0.15) is 0 Å². The number of hydrogen-bond acceptors (Lipinski definition) is 3. The molecule has 1 aliphatic heterocycles. The molecule has 0 aromatic carbocycles. The molecule has 1 rings (SSSR count). The molecule has 1 aliphatic rings. The average molecular weight is 361 g/mol. The van der Waals surface area contributed by atoms with E-state index >= 15 is 0 Å². The normalized spacial score (nSPS) is 17.2. The molecule has 0 amide bonds. The largest absolute Gasteiger partial charge is 0.463 e. The zero-order chi connectivity index (χ0) is 18.7. The molecule has 0 aromatic rings. The van der Waals surface area contributed by atoms with Crippen LogP contribution in [0.3, 0.4) is 0 Å². The summed E-state index contributed by atoms with van der Waals surface area (Å²) in [6.45, 7) is 3.39. The first-order chi connectivity index (χ1) is 12.8. The van der Waals surface area contributed by atoms with Gasteiger partial charge in [-0.25, -0.2) is 0 Å². The number of hydrogen-bond donors (Lipinski definition) is 0. The Morgan fingerprint density at radius 1 is 0.885 bits per heavy atom. The number of ether oxygens (including phenoxy) is 2. The lowest BCUT2D eigenvalue weighted by atomic mass is 10.2. The first-order valence-electron chi connectivity index (χ1n) is 10.2. The van der Waals surface area contributed by atoms with E-state index in [1.54, 1.807) is 0 Å². The van der Waals surface area contributed by atoms with Crippen molar-refractivity contribution in [2.75, 3.05) is 13.2 Å². The summed E-state index contributed by atoms with van der Waals surface area (Å²) in [6, 6.07) is 0. The Morgan fingerprint density at radius 3 is 1.96 bits per heavy atom. The van der Waals surface area contributed by atoms with E-state index < -0.39 is 0 Å². The van der Waals surface area contributed by atoms with Crippen molar-refractivity contribution in [1.82, 2.24) is 0 Å². The summed E-state index contributed by atoms with van der Waals surface area (Å²) in [5.74, 6) is -0.114. The Morgan fingerprint density at radius 2 is 1.42 bits per heavy atom. The lowest BCUT2D eigenvalue weighted by Gasteiger charge is -2.00. The van der Waals surface area contributed by atoms with Crippen LogP contribution in [0.1, 0.15) is 71.1 Å². The highest BCUT2D eigenvalue weighted by Gasteiger charge is 2.23. The van der Waals surface area contributed by atoms with Crippen molar-refractivity contribution in [2.24, 2.45) is 0 Å². The summed E-state index contributed by atoms with van der Waals surface area (Å²) in [6.07, 6.45) is 28.2. The second-order valence-corrected chi connectivity index (χ2v) is 6.62. The van der Waals surface area contributed by atoms with Crippen LogP contribution in [0, 0.1) is 0 Å². The van der Waals surface area contributed by atoms with Gasteiger partial charge in [0, 0.05) is 6.42 Å². The number of carbonyl (C=O) groups is 1. The highest BCUT2D eigenvalue weighted by atomic mass is 16.6. The van der Waals surface area contributed by atoms with Crippen LogP contribution < -0.4 is 0 Å². The number of rotatable bonds is 16. The minimum absolute atomic E-state index is 0.114. The lowest BCUT2D eigenvalue weighted by molar-refractivity contribution is -0.144. The molecule has 3 nitrogen and oxygen atoms in total. The smallest absolute Gasteiger partial charge is 0.305 e. The molecule has 0 unspecified atom stereocenters. The van der Waals surface area contributed by atoms with Gasteiger partial charge in [-0.3, -0.25) is 4.79 Å². The molecule has 0 bridgehead atoms. The van der Waals surface area contributed by atoms with Gasteiger partial charge in [-0.1, -0.05) is 68.4 Å². The van der Waals surface area contributed by atoms with E-state index in [2.05, 4.69) is 55.5 Å². The van der Waals surface area contributed by atoms with Gasteiger partial charge in [-0.05, 0) is 44.9 Å². The van der Waals surface area contributed by atoms with E-state index in [4.69, 9.17) is 9.47 Å². The summed E-state index contributed by atoms with van der Waals surface area (Å²) >= 11 is 0. The Balaban J connectivity index is 1.86. The molecule has 0 N–H and O–H groups in total. The van der Waals surface area contributed by atoms with Gasteiger partial charge in [0.2, 0.25) is 0 Å². The van der Waals surface area contributed by atoms with Gasteiger partial charge in [0.05, 0.1) is 6.61 Å². The third-order valence-electron chi connectivity index (χ3n) is 4.04. The lowest BCUT2D eigenvalue weighted by Crippen LogP contribution is -2.09. The zero-order valence-electron chi connectivity index (χ0n) is 16.4. The fraction of sp³-hybridized carbons (Fsp3) is 0.609. The molecule has 0 radical (unpaired) electrons. The first-order valence-corrected chi connectivity index (χ1v) is 10.2. The van der Waals surface area contributed by atoms with Crippen molar-refractivity contribution < 1.29 is 14.3 Å². The summed E-state index contributed by atoms with van der Waals surface area (Å²) in [4.78, 5) is 11.4. The highest BCUT2D eigenvalue weighted by Crippen LogP contribution is 2.09. The third-order valence-corrected chi connectivity index (χ3v) is 4.04.